The zero-order chi connectivity index (χ0) is 14.0. The Balaban J connectivity index is 2.61. The fourth-order valence-corrected chi connectivity index (χ4v) is 2.23. The maximum atomic E-state index is 12.1. The predicted molar refractivity (Wildman–Crippen MR) is 67.8 cm³/mol. The van der Waals surface area contributed by atoms with Crippen LogP contribution in [0.1, 0.15) is 27.2 Å². The highest BCUT2D eigenvalue weighted by molar-refractivity contribution is 5.92. The van der Waals surface area contributed by atoms with E-state index in [9.17, 15) is 9.59 Å². The second-order valence-electron chi connectivity index (χ2n) is 5.20. The van der Waals surface area contributed by atoms with Crippen LogP contribution in [0.5, 0.6) is 0 Å². The van der Waals surface area contributed by atoms with E-state index in [0.29, 0.717) is 13.0 Å². The Morgan fingerprint density at radius 2 is 2.06 bits per heavy atom. The normalized spacial score (nSPS) is 29.3. The number of carbonyl (C=O) groups is 2. The van der Waals surface area contributed by atoms with Crippen LogP contribution in [0, 0.1) is 5.41 Å². The SMILES string of the molecule is CCOC1CC(N)(C(=O)NCC(=O)NC)C1(C)C. The summed E-state index contributed by atoms with van der Waals surface area (Å²) in [6, 6.07) is 0. The standard InChI is InChI=1S/C12H23N3O3/c1-5-18-8-6-12(13,11(8,2)3)10(17)15-7-9(16)14-4/h8H,5-7,13H2,1-4H3,(H,14,16)(H,15,17). The predicted octanol–water partition coefficient (Wildman–Crippen LogP) is -0.619. The summed E-state index contributed by atoms with van der Waals surface area (Å²) in [5, 5.41) is 5.00. The van der Waals surface area contributed by atoms with Crippen LogP contribution in [0.25, 0.3) is 0 Å². The lowest BCUT2D eigenvalue weighted by Crippen LogP contribution is -2.76. The van der Waals surface area contributed by atoms with Crippen molar-refractivity contribution in [2.75, 3.05) is 20.2 Å². The molecule has 2 atom stereocenters. The molecule has 0 aromatic rings. The highest BCUT2D eigenvalue weighted by Gasteiger charge is 2.62. The Kier molecular flexibility index (Phi) is 4.34. The molecule has 0 aromatic heterocycles. The molecule has 2 amide bonds. The molecule has 104 valence electrons. The molecule has 0 heterocycles. The molecule has 0 aromatic carbocycles. The summed E-state index contributed by atoms with van der Waals surface area (Å²) < 4.78 is 5.55. The highest BCUT2D eigenvalue weighted by Crippen LogP contribution is 2.49. The van der Waals surface area contributed by atoms with E-state index < -0.39 is 11.0 Å². The van der Waals surface area contributed by atoms with Gasteiger partial charge in [0, 0.05) is 25.5 Å². The van der Waals surface area contributed by atoms with Crippen molar-refractivity contribution in [3.63, 3.8) is 0 Å². The lowest BCUT2D eigenvalue weighted by molar-refractivity contribution is -0.170. The highest BCUT2D eigenvalue weighted by atomic mass is 16.5. The second-order valence-corrected chi connectivity index (χ2v) is 5.20. The number of amides is 2. The van der Waals surface area contributed by atoms with Gasteiger partial charge in [-0.3, -0.25) is 9.59 Å². The van der Waals surface area contributed by atoms with Gasteiger partial charge in [-0.2, -0.15) is 0 Å². The molecule has 0 bridgehead atoms. The molecule has 1 rings (SSSR count). The molecule has 4 N–H and O–H groups in total. The molecule has 1 saturated carbocycles. The number of hydrogen-bond acceptors (Lipinski definition) is 4. The number of carbonyl (C=O) groups excluding carboxylic acids is 2. The smallest absolute Gasteiger partial charge is 0.241 e. The molecule has 0 spiro atoms. The van der Waals surface area contributed by atoms with Crippen molar-refractivity contribution in [3.8, 4) is 0 Å². The lowest BCUT2D eigenvalue weighted by atomic mass is 9.54. The van der Waals surface area contributed by atoms with Gasteiger partial charge in [0.25, 0.3) is 0 Å². The fraction of sp³-hybridized carbons (Fsp3) is 0.833. The van der Waals surface area contributed by atoms with E-state index in [0.717, 1.165) is 0 Å². The van der Waals surface area contributed by atoms with Crippen LogP contribution in [0.15, 0.2) is 0 Å². The van der Waals surface area contributed by atoms with Gasteiger partial charge in [-0.15, -0.1) is 0 Å². The minimum Gasteiger partial charge on any atom is -0.378 e. The van der Waals surface area contributed by atoms with E-state index in [1.165, 1.54) is 7.05 Å². The first kappa shape index (κ1) is 14.9. The third-order valence-corrected chi connectivity index (χ3v) is 3.92. The minimum atomic E-state index is -0.971. The van der Waals surface area contributed by atoms with Gasteiger partial charge in [-0.25, -0.2) is 0 Å². The largest absolute Gasteiger partial charge is 0.378 e. The zero-order valence-electron chi connectivity index (χ0n) is 11.5. The summed E-state index contributed by atoms with van der Waals surface area (Å²) in [5.41, 5.74) is 4.74. The summed E-state index contributed by atoms with van der Waals surface area (Å²) in [7, 11) is 1.52. The van der Waals surface area contributed by atoms with E-state index in [-0.39, 0.29) is 24.5 Å². The van der Waals surface area contributed by atoms with Crippen molar-refractivity contribution in [2.24, 2.45) is 11.1 Å². The molecular formula is C12H23N3O3. The van der Waals surface area contributed by atoms with Crippen molar-refractivity contribution in [1.82, 2.24) is 10.6 Å². The lowest BCUT2D eigenvalue weighted by Gasteiger charge is -2.57. The zero-order valence-corrected chi connectivity index (χ0v) is 11.5. The summed E-state index contributed by atoms with van der Waals surface area (Å²) >= 11 is 0. The molecule has 18 heavy (non-hydrogen) atoms. The molecule has 6 heteroatoms. The van der Waals surface area contributed by atoms with E-state index in [4.69, 9.17) is 10.5 Å². The molecule has 6 nitrogen and oxygen atoms in total. The summed E-state index contributed by atoms with van der Waals surface area (Å²) in [5.74, 6) is -0.544. The summed E-state index contributed by atoms with van der Waals surface area (Å²) in [6.45, 7) is 6.29. The van der Waals surface area contributed by atoms with Crippen molar-refractivity contribution in [2.45, 2.75) is 38.8 Å². The van der Waals surface area contributed by atoms with E-state index in [1.807, 2.05) is 20.8 Å². The molecule has 1 aliphatic rings. The summed E-state index contributed by atoms with van der Waals surface area (Å²) in [6.07, 6.45) is 0.464. The third-order valence-electron chi connectivity index (χ3n) is 3.92. The topological polar surface area (TPSA) is 93.4 Å². The van der Waals surface area contributed by atoms with Crippen LogP contribution in [0.2, 0.25) is 0 Å². The van der Waals surface area contributed by atoms with Crippen LogP contribution in [0.4, 0.5) is 0 Å². The van der Waals surface area contributed by atoms with Gasteiger partial charge in [0.05, 0.1) is 12.6 Å². The van der Waals surface area contributed by atoms with Gasteiger partial charge in [-0.1, -0.05) is 13.8 Å². The molecule has 1 fully saturated rings. The van der Waals surface area contributed by atoms with Crippen LogP contribution in [-0.2, 0) is 14.3 Å². The number of rotatable bonds is 5. The van der Waals surface area contributed by atoms with Gasteiger partial charge in [0.1, 0.15) is 5.54 Å². The Morgan fingerprint density at radius 3 is 2.50 bits per heavy atom. The van der Waals surface area contributed by atoms with Crippen LogP contribution in [-0.4, -0.2) is 43.7 Å². The molecule has 0 radical (unpaired) electrons. The Labute approximate surface area is 108 Å². The van der Waals surface area contributed by atoms with Gasteiger partial charge in [0.2, 0.25) is 11.8 Å². The van der Waals surface area contributed by atoms with Gasteiger partial charge < -0.3 is 21.1 Å². The average Bonchev–Trinajstić information content (AvgIpc) is 2.34. The Hall–Kier alpha value is -1.14. The Morgan fingerprint density at radius 1 is 1.44 bits per heavy atom. The van der Waals surface area contributed by atoms with Crippen LogP contribution < -0.4 is 16.4 Å². The first-order valence-corrected chi connectivity index (χ1v) is 6.19. The van der Waals surface area contributed by atoms with Gasteiger partial charge in [-0.05, 0) is 6.92 Å². The molecule has 0 aliphatic heterocycles. The first-order chi connectivity index (χ1) is 8.29. The van der Waals surface area contributed by atoms with Crippen molar-refractivity contribution < 1.29 is 14.3 Å². The number of ether oxygens (including phenoxy) is 1. The number of likely N-dealkylation sites (N-methyl/N-ethyl adjacent to an activating group) is 1. The maximum absolute atomic E-state index is 12.1. The maximum Gasteiger partial charge on any atom is 0.241 e. The summed E-state index contributed by atoms with van der Waals surface area (Å²) in [4.78, 5) is 23.1. The van der Waals surface area contributed by atoms with E-state index in [2.05, 4.69) is 10.6 Å². The number of nitrogens with one attached hydrogen (secondary N) is 2. The fourth-order valence-electron chi connectivity index (χ4n) is 2.23. The van der Waals surface area contributed by atoms with Gasteiger partial charge >= 0.3 is 0 Å². The minimum absolute atomic E-state index is 0.0155. The molecule has 0 saturated heterocycles. The van der Waals surface area contributed by atoms with Crippen LogP contribution in [0.3, 0.4) is 0 Å². The average molecular weight is 257 g/mol. The van der Waals surface area contributed by atoms with E-state index in [1.54, 1.807) is 0 Å². The molecule has 1 aliphatic carbocycles. The Bertz CT molecular complexity index is 343. The molecule has 2 unspecified atom stereocenters. The van der Waals surface area contributed by atoms with Crippen molar-refractivity contribution in [1.29, 1.82) is 0 Å². The van der Waals surface area contributed by atoms with Crippen LogP contribution >= 0.6 is 0 Å². The molecular weight excluding hydrogens is 234 g/mol. The van der Waals surface area contributed by atoms with E-state index >= 15 is 0 Å². The third kappa shape index (κ3) is 2.35. The quantitative estimate of drug-likeness (QED) is 0.612. The first-order valence-electron chi connectivity index (χ1n) is 6.19. The van der Waals surface area contributed by atoms with Gasteiger partial charge in [0.15, 0.2) is 0 Å². The monoisotopic (exact) mass is 257 g/mol. The van der Waals surface area contributed by atoms with Crippen molar-refractivity contribution in [3.05, 3.63) is 0 Å². The second kappa shape index (κ2) is 5.24. The van der Waals surface area contributed by atoms with Crippen molar-refractivity contribution >= 4 is 11.8 Å². The number of nitrogens with two attached hydrogens (primary N) is 1. The number of hydrogen-bond donors (Lipinski definition) is 3.